The summed E-state index contributed by atoms with van der Waals surface area (Å²) in [6.07, 6.45) is 0.790. The molecule has 0 heterocycles. The van der Waals surface area contributed by atoms with E-state index in [1.165, 1.54) is 7.11 Å². The molecule has 15 heavy (non-hydrogen) atoms. The van der Waals surface area contributed by atoms with Gasteiger partial charge in [-0.25, -0.2) is 4.79 Å². The average Bonchev–Trinajstić information content (AvgIpc) is 2.29. The van der Waals surface area contributed by atoms with Crippen LogP contribution in [0.2, 0.25) is 0 Å². The number of hydrogen-bond acceptors (Lipinski definition) is 4. The summed E-state index contributed by atoms with van der Waals surface area (Å²) in [5.41, 5.74) is 6.86. The predicted molar refractivity (Wildman–Crippen MR) is 58.8 cm³/mol. The summed E-state index contributed by atoms with van der Waals surface area (Å²) < 4.78 is 9.62. The Morgan fingerprint density at radius 3 is 2.60 bits per heavy atom. The third kappa shape index (κ3) is 3.73. The summed E-state index contributed by atoms with van der Waals surface area (Å²) in [6, 6.07) is 7.24. The Hall–Kier alpha value is -1.33. The molecule has 80 valence electrons. The fraction of sp³-hybridized carbons (Fsp3) is 0.300. The normalized spacial score (nSPS) is 9.73. The standard InChI is InChI=1S/C10H14BNO3/c1-14-10(13)9-4-2-8(3-5-9)6-11-15-7-12/h2-5,11H,6-7,12H2,1H3. The van der Waals surface area contributed by atoms with Gasteiger partial charge < -0.3 is 15.1 Å². The molecule has 0 fully saturated rings. The Balaban J connectivity index is 2.52. The van der Waals surface area contributed by atoms with E-state index in [1.54, 1.807) is 12.1 Å². The van der Waals surface area contributed by atoms with Gasteiger partial charge in [0.25, 0.3) is 7.48 Å². The SMILES string of the molecule is COC(=O)c1ccc(CBOCN)cc1. The Morgan fingerprint density at radius 1 is 1.40 bits per heavy atom. The summed E-state index contributed by atoms with van der Waals surface area (Å²) in [5, 5.41) is 0. The highest BCUT2D eigenvalue weighted by molar-refractivity contribution is 6.26. The van der Waals surface area contributed by atoms with Crippen LogP contribution in [-0.4, -0.2) is 27.3 Å². The van der Waals surface area contributed by atoms with Gasteiger partial charge in [-0.15, -0.1) is 0 Å². The number of carbonyl (C=O) groups is 1. The van der Waals surface area contributed by atoms with E-state index in [0.29, 0.717) is 13.0 Å². The van der Waals surface area contributed by atoms with Crippen LogP contribution in [0.3, 0.4) is 0 Å². The highest BCUT2D eigenvalue weighted by Gasteiger charge is 2.04. The first kappa shape index (κ1) is 11.7. The van der Waals surface area contributed by atoms with Crippen molar-refractivity contribution in [3.8, 4) is 0 Å². The lowest BCUT2D eigenvalue weighted by Crippen LogP contribution is -2.10. The number of rotatable bonds is 5. The van der Waals surface area contributed by atoms with Gasteiger partial charge in [0, 0.05) is 0 Å². The van der Waals surface area contributed by atoms with Gasteiger partial charge in [-0.3, -0.25) is 0 Å². The van der Waals surface area contributed by atoms with Crippen molar-refractivity contribution in [2.24, 2.45) is 5.73 Å². The summed E-state index contributed by atoms with van der Waals surface area (Å²) >= 11 is 0. The molecule has 0 aliphatic carbocycles. The molecule has 0 atom stereocenters. The molecule has 0 unspecified atom stereocenters. The van der Waals surface area contributed by atoms with E-state index in [4.69, 9.17) is 10.4 Å². The lowest BCUT2D eigenvalue weighted by molar-refractivity contribution is 0.0601. The van der Waals surface area contributed by atoms with Crippen LogP contribution >= 0.6 is 0 Å². The van der Waals surface area contributed by atoms with Crippen LogP contribution in [0.25, 0.3) is 0 Å². The van der Waals surface area contributed by atoms with E-state index in [0.717, 1.165) is 11.9 Å². The molecule has 5 heteroatoms. The van der Waals surface area contributed by atoms with Crippen LogP contribution in [0.1, 0.15) is 15.9 Å². The molecule has 0 saturated carbocycles. The number of carbonyl (C=O) groups excluding carboxylic acids is 1. The lowest BCUT2D eigenvalue weighted by atomic mass is 9.89. The van der Waals surface area contributed by atoms with E-state index in [9.17, 15) is 4.79 Å². The quantitative estimate of drug-likeness (QED) is 0.325. The number of nitrogens with two attached hydrogens (primary N) is 1. The van der Waals surface area contributed by atoms with E-state index >= 15 is 0 Å². The van der Waals surface area contributed by atoms with Crippen LogP contribution in [0.15, 0.2) is 24.3 Å². The molecule has 0 radical (unpaired) electrons. The van der Waals surface area contributed by atoms with Crippen molar-refractivity contribution in [1.82, 2.24) is 0 Å². The Morgan fingerprint density at radius 2 is 2.07 bits per heavy atom. The highest BCUT2D eigenvalue weighted by Crippen LogP contribution is 2.05. The Bertz CT molecular complexity index is 313. The molecular weight excluding hydrogens is 193 g/mol. The zero-order valence-corrected chi connectivity index (χ0v) is 8.73. The third-order valence-electron chi connectivity index (χ3n) is 2.03. The van der Waals surface area contributed by atoms with Crippen molar-refractivity contribution in [1.29, 1.82) is 0 Å². The summed E-state index contributed by atoms with van der Waals surface area (Å²) in [5.74, 6) is -0.320. The minimum atomic E-state index is -0.320. The Labute approximate surface area is 89.6 Å². The molecule has 1 rings (SSSR count). The molecule has 0 aliphatic rings. The van der Waals surface area contributed by atoms with Gasteiger partial charge in [-0.1, -0.05) is 17.7 Å². The molecule has 0 saturated heterocycles. The second-order valence-corrected chi connectivity index (χ2v) is 3.01. The second-order valence-electron chi connectivity index (χ2n) is 3.01. The summed E-state index contributed by atoms with van der Waals surface area (Å²) in [7, 11) is 1.96. The van der Waals surface area contributed by atoms with Crippen LogP contribution in [0, 0.1) is 0 Å². The van der Waals surface area contributed by atoms with Crippen molar-refractivity contribution in [2.75, 3.05) is 13.8 Å². The van der Waals surface area contributed by atoms with Crippen LogP contribution in [0.4, 0.5) is 0 Å². The molecule has 0 bridgehead atoms. The van der Waals surface area contributed by atoms with E-state index in [-0.39, 0.29) is 12.7 Å². The first-order valence-electron chi connectivity index (χ1n) is 4.73. The molecule has 0 amide bonds. The van der Waals surface area contributed by atoms with E-state index in [2.05, 4.69) is 4.74 Å². The van der Waals surface area contributed by atoms with Crippen LogP contribution in [-0.2, 0) is 15.7 Å². The van der Waals surface area contributed by atoms with Crippen molar-refractivity contribution in [3.05, 3.63) is 35.4 Å². The number of benzene rings is 1. The largest absolute Gasteiger partial charge is 0.465 e. The maximum absolute atomic E-state index is 11.1. The number of ether oxygens (including phenoxy) is 1. The lowest BCUT2D eigenvalue weighted by Gasteiger charge is -2.02. The van der Waals surface area contributed by atoms with Crippen LogP contribution in [0.5, 0.6) is 0 Å². The molecule has 4 nitrogen and oxygen atoms in total. The van der Waals surface area contributed by atoms with Gasteiger partial charge in [0.2, 0.25) is 0 Å². The van der Waals surface area contributed by atoms with Crippen LogP contribution < -0.4 is 5.73 Å². The van der Waals surface area contributed by atoms with Crippen molar-refractivity contribution >= 4 is 13.5 Å². The average molecular weight is 207 g/mol. The first-order valence-corrected chi connectivity index (χ1v) is 4.73. The molecule has 0 aliphatic heterocycles. The van der Waals surface area contributed by atoms with E-state index in [1.807, 2.05) is 12.1 Å². The Kier molecular flexibility index (Phi) is 4.87. The predicted octanol–water partition coefficient (Wildman–Crippen LogP) is 0.257. The third-order valence-corrected chi connectivity index (χ3v) is 2.03. The zero-order chi connectivity index (χ0) is 11.1. The summed E-state index contributed by atoms with van der Waals surface area (Å²) in [6.45, 7) is 0.236. The molecule has 1 aromatic rings. The fourth-order valence-corrected chi connectivity index (χ4v) is 1.20. The molecule has 0 spiro atoms. The van der Waals surface area contributed by atoms with Gasteiger partial charge in [-0.05, 0) is 18.5 Å². The van der Waals surface area contributed by atoms with Crippen molar-refractivity contribution in [3.63, 3.8) is 0 Å². The van der Waals surface area contributed by atoms with Crippen molar-refractivity contribution < 1.29 is 14.2 Å². The number of methoxy groups -OCH3 is 1. The number of hydrogen-bond donors (Lipinski definition) is 1. The maximum atomic E-state index is 11.1. The monoisotopic (exact) mass is 207 g/mol. The minimum Gasteiger partial charge on any atom is -0.465 e. The first-order chi connectivity index (χ1) is 7.27. The topological polar surface area (TPSA) is 61.5 Å². The van der Waals surface area contributed by atoms with Gasteiger partial charge in [0.1, 0.15) is 0 Å². The second kappa shape index (κ2) is 6.21. The van der Waals surface area contributed by atoms with Gasteiger partial charge in [-0.2, -0.15) is 0 Å². The smallest absolute Gasteiger partial charge is 0.337 e. The molecule has 2 N–H and O–H groups in total. The highest BCUT2D eigenvalue weighted by atomic mass is 16.5. The molecule has 1 aromatic carbocycles. The summed E-state index contributed by atoms with van der Waals surface area (Å²) in [4.78, 5) is 11.1. The molecule has 0 aromatic heterocycles. The van der Waals surface area contributed by atoms with Crippen molar-refractivity contribution in [2.45, 2.75) is 6.32 Å². The van der Waals surface area contributed by atoms with Gasteiger partial charge in [0.05, 0.1) is 19.4 Å². The van der Waals surface area contributed by atoms with Gasteiger partial charge >= 0.3 is 5.97 Å². The number of esters is 1. The maximum Gasteiger partial charge on any atom is 0.337 e. The molecular formula is C10H14BNO3. The van der Waals surface area contributed by atoms with E-state index < -0.39 is 0 Å². The minimum absolute atomic E-state index is 0.236. The van der Waals surface area contributed by atoms with Gasteiger partial charge in [0.15, 0.2) is 0 Å². The fourth-order valence-electron chi connectivity index (χ4n) is 1.20. The zero-order valence-electron chi connectivity index (χ0n) is 8.73.